The summed E-state index contributed by atoms with van der Waals surface area (Å²) in [4.78, 5) is 31.8. The number of para-hydroxylation sites is 1. The fourth-order valence-electron chi connectivity index (χ4n) is 4.12. The van der Waals surface area contributed by atoms with Gasteiger partial charge in [0.15, 0.2) is 11.8 Å². The highest BCUT2D eigenvalue weighted by molar-refractivity contribution is 8.18. The number of hydrogen-bond donors (Lipinski definition) is 1. The minimum Gasteiger partial charge on any atom is -0.484 e. The Kier molecular flexibility index (Phi) is 6.95. The van der Waals surface area contributed by atoms with Crippen LogP contribution in [0.5, 0.6) is 5.75 Å². The number of nitrogens with zero attached hydrogens (tertiary/aromatic N) is 2. The molecule has 2 N–H and O–H groups in total. The van der Waals surface area contributed by atoms with Crippen molar-refractivity contribution in [2.75, 3.05) is 6.61 Å². The Labute approximate surface area is 192 Å². The SMILES string of the molecule is C[C@@H]1CCCC[C@@H]1N1C(=O)/C(=C/c2ccc(OCC(N)=O)cc2)SC1=Nc1ccccc1. The molecule has 1 aliphatic heterocycles. The number of aliphatic imine (C=N–C) groups is 1. The van der Waals surface area contributed by atoms with E-state index in [1.165, 1.54) is 18.2 Å². The van der Waals surface area contributed by atoms with Crippen molar-refractivity contribution in [1.29, 1.82) is 0 Å². The maximum Gasteiger partial charge on any atom is 0.267 e. The zero-order valence-corrected chi connectivity index (χ0v) is 18.9. The number of carbonyl (C=O) groups is 2. The molecular weight excluding hydrogens is 422 g/mol. The van der Waals surface area contributed by atoms with E-state index in [-0.39, 0.29) is 18.6 Å². The van der Waals surface area contributed by atoms with E-state index in [1.54, 1.807) is 12.1 Å². The van der Waals surface area contributed by atoms with E-state index in [0.717, 1.165) is 35.7 Å². The normalized spacial score (nSPS) is 23.7. The third-order valence-electron chi connectivity index (χ3n) is 5.77. The van der Waals surface area contributed by atoms with Gasteiger partial charge in [0.05, 0.1) is 10.6 Å². The summed E-state index contributed by atoms with van der Waals surface area (Å²) in [6.45, 7) is 2.07. The molecule has 6 nitrogen and oxygen atoms in total. The number of amidine groups is 1. The van der Waals surface area contributed by atoms with Crippen LogP contribution in [-0.4, -0.2) is 34.5 Å². The van der Waals surface area contributed by atoms with E-state index < -0.39 is 5.91 Å². The molecular formula is C25H27N3O3S. The highest BCUT2D eigenvalue weighted by Crippen LogP contribution is 2.40. The quantitative estimate of drug-likeness (QED) is 0.646. The van der Waals surface area contributed by atoms with Crippen LogP contribution in [0.25, 0.3) is 6.08 Å². The van der Waals surface area contributed by atoms with Crippen LogP contribution >= 0.6 is 11.8 Å². The molecule has 0 unspecified atom stereocenters. The maximum absolute atomic E-state index is 13.5. The zero-order chi connectivity index (χ0) is 22.5. The van der Waals surface area contributed by atoms with Crippen molar-refractivity contribution in [3.05, 3.63) is 65.1 Å². The van der Waals surface area contributed by atoms with Crippen LogP contribution < -0.4 is 10.5 Å². The molecule has 166 valence electrons. The van der Waals surface area contributed by atoms with Gasteiger partial charge in [-0.15, -0.1) is 0 Å². The number of carbonyl (C=O) groups excluding carboxylic acids is 2. The van der Waals surface area contributed by atoms with Crippen molar-refractivity contribution in [1.82, 2.24) is 4.90 Å². The lowest BCUT2D eigenvalue weighted by atomic mass is 9.85. The molecule has 1 saturated heterocycles. The summed E-state index contributed by atoms with van der Waals surface area (Å²) in [5, 5.41) is 0.743. The molecule has 1 aliphatic carbocycles. The van der Waals surface area contributed by atoms with E-state index in [4.69, 9.17) is 15.5 Å². The minimum atomic E-state index is -0.522. The molecule has 1 heterocycles. The van der Waals surface area contributed by atoms with Gasteiger partial charge in [-0.2, -0.15) is 0 Å². The van der Waals surface area contributed by atoms with E-state index >= 15 is 0 Å². The maximum atomic E-state index is 13.5. The van der Waals surface area contributed by atoms with Gasteiger partial charge in [0.2, 0.25) is 0 Å². The van der Waals surface area contributed by atoms with Crippen molar-refractivity contribution in [2.24, 2.45) is 16.6 Å². The summed E-state index contributed by atoms with van der Waals surface area (Å²) in [7, 11) is 0. The molecule has 2 atom stereocenters. The highest BCUT2D eigenvalue weighted by atomic mass is 32.2. The van der Waals surface area contributed by atoms with Gasteiger partial charge < -0.3 is 10.5 Å². The number of thioether (sulfide) groups is 1. The van der Waals surface area contributed by atoms with E-state index in [9.17, 15) is 9.59 Å². The fourth-order valence-corrected chi connectivity index (χ4v) is 5.16. The lowest BCUT2D eigenvalue weighted by Crippen LogP contribution is -2.44. The summed E-state index contributed by atoms with van der Waals surface area (Å²) in [6.07, 6.45) is 6.36. The molecule has 0 spiro atoms. The molecule has 0 bridgehead atoms. The number of hydrogen-bond acceptors (Lipinski definition) is 5. The number of rotatable bonds is 6. The molecule has 2 aromatic rings. The summed E-state index contributed by atoms with van der Waals surface area (Å²) >= 11 is 1.43. The largest absolute Gasteiger partial charge is 0.484 e. The minimum absolute atomic E-state index is 0.0116. The van der Waals surface area contributed by atoms with Crippen molar-refractivity contribution >= 4 is 40.5 Å². The molecule has 2 aliphatic rings. The summed E-state index contributed by atoms with van der Waals surface area (Å²) in [5.41, 5.74) is 6.84. The molecule has 4 rings (SSSR count). The lowest BCUT2D eigenvalue weighted by Gasteiger charge is -2.35. The fraction of sp³-hybridized carbons (Fsp3) is 0.320. The van der Waals surface area contributed by atoms with Gasteiger partial charge in [0.25, 0.3) is 11.8 Å². The first-order valence-electron chi connectivity index (χ1n) is 10.9. The van der Waals surface area contributed by atoms with Crippen LogP contribution in [-0.2, 0) is 9.59 Å². The smallest absolute Gasteiger partial charge is 0.267 e. The third kappa shape index (κ3) is 5.22. The van der Waals surface area contributed by atoms with Crippen LogP contribution in [0.1, 0.15) is 38.2 Å². The number of primary amides is 1. The van der Waals surface area contributed by atoms with E-state index in [1.807, 2.05) is 53.4 Å². The van der Waals surface area contributed by atoms with Gasteiger partial charge in [-0.05, 0) is 66.4 Å². The van der Waals surface area contributed by atoms with Crippen LogP contribution in [0.3, 0.4) is 0 Å². The highest BCUT2D eigenvalue weighted by Gasteiger charge is 2.41. The van der Waals surface area contributed by atoms with Crippen molar-refractivity contribution < 1.29 is 14.3 Å². The number of nitrogens with two attached hydrogens (primary N) is 1. The summed E-state index contributed by atoms with van der Waals surface area (Å²) in [5.74, 6) is 0.486. The Morgan fingerprint density at radius 2 is 1.88 bits per heavy atom. The second-order valence-corrected chi connectivity index (χ2v) is 9.18. The molecule has 2 fully saturated rings. The summed E-state index contributed by atoms with van der Waals surface area (Å²) in [6, 6.07) is 17.2. The van der Waals surface area contributed by atoms with Crippen LogP contribution in [0.4, 0.5) is 5.69 Å². The van der Waals surface area contributed by atoms with E-state index in [0.29, 0.717) is 16.6 Å². The van der Waals surface area contributed by atoms with Crippen molar-refractivity contribution in [3.8, 4) is 5.75 Å². The molecule has 0 radical (unpaired) electrons. The average molecular weight is 450 g/mol. The van der Waals surface area contributed by atoms with Gasteiger partial charge >= 0.3 is 0 Å². The second-order valence-electron chi connectivity index (χ2n) is 8.17. The first-order chi connectivity index (χ1) is 15.5. The van der Waals surface area contributed by atoms with Gasteiger partial charge in [-0.3, -0.25) is 14.5 Å². The van der Waals surface area contributed by atoms with Crippen LogP contribution in [0.15, 0.2) is 64.5 Å². The molecule has 32 heavy (non-hydrogen) atoms. The second kappa shape index (κ2) is 10.0. The van der Waals surface area contributed by atoms with E-state index in [2.05, 4.69) is 6.92 Å². The number of benzene rings is 2. The molecule has 2 amide bonds. The predicted molar refractivity (Wildman–Crippen MR) is 129 cm³/mol. The van der Waals surface area contributed by atoms with Crippen molar-refractivity contribution in [3.63, 3.8) is 0 Å². The van der Waals surface area contributed by atoms with Crippen LogP contribution in [0.2, 0.25) is 0 Å². The monoisotopic (exact) mass is 449 g/mol. The third-order valence-corrected chi connectivity index (χ3v) is 6.76. The lowest BCUT2D eigenvalue weighted by molar-refractivity contribution is -0.125. The number of ether oxygens (including phenoxy) is 1. The molecule has 7 heteroatoms. The first-order valence-corrected chi connectivity index (χ1v) is 11.7. The van der Waals surface area contributed by atoms with Gasteiger partial charge in [-0.25, -0.2) is 4.99 Å². The Hall–Kier alpha value is -3.06. The molecule has 1 saturated carbocycles. The Bertz CT molecular complexity index is 1030. The van der Waals surface area contributed by atoms with Gasteiger partial charge in [0.1, 0.15) is 5.75 Å². The predicted octanol–water partition coefficient (Wildman–Crippen LogP) is 4.73. The topological polar surface area (TPSA) is 85.0 Å². The van der Waals surface area contributed by atoms with Crippen LogP contribution in [0, 0.1) is 5.92 Å². The molecule has 2 aromatic carbocycles. The summed E-state index contributed by atoms with van der Waals surface area (Å²) < 4.78 is 5.31. The van der Waals surface area contributed by atoms with Gasteiger partial charge in [-0.1, -0.05) is 50.1 Å². The Morgan fingerprint density at radius 1 is 1.16 bits per heavy atom. The zero-order valence-electron chi connectivity index (χ0n) is 18.1. The average Bonchev–Trinajstić information content (AvgIpc) is 3.08. The number of amides is 2. The molecule has 0 aromatic heterocycles. The van der Waals surface area contributed by atoms with Crippen molar-refractivity contribution in [2.45, 2.75) is 38.6 Å². The first kappa shape index (κ1) is 22.1. The van der Waals surface area contributed by atoms with Gasteiger partial charge in [0, 0.05) is 6.04 Å². The Balaban J connectivity index is 1.61. The standard InChI is InChI=1S/C25H27N3O3S/c1-17-7-5-6-10-21(17)28-24(30)22(32-25(28)27-19-8-3-2-4-9-19)15-18-11-13-20(14-12-18)31-16-23(26)29/h2-4,8-9,11-15,17,21H,5-7,10,16H2,1H3,(H2,26,29)/b22-15-,27-25?/t17-,21+/m1/s1. The Morgan fingerprint density at radius 3 is 2.56 bits per heavy atom.